The van der Waals surface area contributed by atoms with E-state index in [0.29, 0.717) is 16.4 Å². The van der Waals surface area contributed by atoms with Crippen molar-refractivity contribution in [1.29, 1.82) is 0 Å². The summed E-state index contributed by atoms with van der Waals surface area (Å²) in [4.78, 5) is 19.7. The van der Waals surface area contributed by atoms with Gasteiger partial charge in [0.2, 0.25) is 0 Å². The summed E-state index contributed by atoms with van der Waals surface area (Å²) in [5, 5.41) is 1.40. The third kappa shape index (κ3) is 3.89. The molecule has 0 atom stereocenters. The van der Waals surface area contributed by atoms with E-state index < -0.39 is 0 Å². The Kier molecular flexibility index (Phi) is 5.59. The molecule has 1 amide bonds. The summed E-state index contributed by atoms with van der Waals surface area (Å²) in [6, 6.07) is 13.3. The molecule has 0 aliphatic rings. The van der Waals surface area contributed by atoms with E-state index >= 15 is 0 Å². The predicted octanol–water partition coefficient (Wildman–Crippen LogP) is 5.27. The average Bonchev–Trinajstić information content (AvgIpc) is 3.07. The molecule has 0 N–H and O–H groups in total. The van der Waals surface area contributed by atoms with Crippen molar-refractivity contribution < 1.29 is 9.53 Å². The number of thiazole rings is 1. The van der Waals surface area contributed by atoms with Crippen molar-refractivity contribution in [3.63, 3.8) is 0 Å². The van der Waals surface area contributed by atoms with Crippen molar-refractivity contribution in [3.8, 4) is 5.75 Å². The van der Waals surface area contributed by atoms with Gasteiger partial charge in [-0.1, -0.05) is 35.9 Å². The number of halogens is 1. The lowest BCUT2D eigenvalue weighted by Gasteiger charge is -2.25. The topological polar surface area (TPSA) is 42.4 Å². The van der Waals surface area contributed by atoms with Gasteiger partial charge in [0.15, 0.2) is 0 Å². The van der Waals surface area contributed by atoms with Crippen LogP contribution in [0.2, 0.25) is 5.02 Å². The molecular weight excluding hydrogens is 368 g/mol. The number of carbonyl (C=O) groups excluding carboxylic acids is 1. The summed E-state index contributed by atoms with van der Waals surface area (Å²) >= 11 is 7.83. The Labute approximate surface area is 162 Å². The normalized spacial score (nSPS) is 10.6. The number of para-hydroxylation sites is 1. The Bertz CT molecular complexity index is 902. The predicted molar refractivity (Wildman–Crippen MR) is 107 cm³/mol. The molecule has 3 rings (SSSR count). The Morgan fingerprint density at radius 1 is 1.19 bits per heavy atom. The van der Waals surface area contributed by atoms with E-state index in [9.17, 15) is 4.79 Å². The molecule has 0 bridgehead atoms. The van der Waals surface area contributed by atoms with Crippen molar-refractivity contribution >= 4 is 34.5 Å². The van der Waals surface area contributed by atoms with Crippen LogP contribution in [0.15, 0.2) is 48.7 Å². The first-order chi connectivity index (χ1) is 12.5. The first kappa shape index (κ1) is 18.4. The molecule has 6 heteroatoms. The molecule has 0 spiro atoms. The Morgan fingerprint density at radius 2 is 1.92 bits per heavy atom. The fourth-order valence-electron chi connectivity index (χ4n) is 2.72. The number of anilines is 1. The molecule has 4 nitrogen and oxygen atoms in total. The van der Waals surface area contributed by atoms with E-state index in [0.717, 1.165) is 27.6 Å². The van der Waals surface area contributed by atoms with Crippen LogP contribution < -0.4 is 9.64 Å². The van der Waals surface area contributed by atoms with Crippen LogP contribution in [0.25, 0.3) is 0 Å². The van der Waals surface area contributed by atoms with Crippen LogP contribution in [0.5, 0.6) is 5.75 Å². The number of methoxy groups -OCH3 is 1. The van der Waals surface area contributed by atoms with Gasteiger partial charge in [-0.05, 0) is 43.2 Å². The molecule has 0 radical (unpaired) electrons. The average molecular weight is 387 g/mol. The van der Waals surface area contributed by atoms with Gasteiger partial charge in [-0.25, -0.2) is 4.98 Å². The van der Waals surface area contributed by atoms with E-state index in [1.165, 1.54) is 11.3 Å². The van der Waals surface area contributed by atoms with E-state index in [2.05, 4.69) is 4.98 Å². The van der Waals surface area contributed by atoms with Crippen molar-refractivity contribution in [2.75, 3.05) is 12.0 Å². The van der Waals surface area contributed by atoms with Gasteiger partial charge in [0, 0.05) is 0 Å². The summed E-state index contributed by atoms with van der Waals surface area (Å²) in [6.07, 6.45) is 1.62. The maximum absolute atomic E-state index is 13.2. The number of aromatic nitrogens is 1. The fraction of sp³-hybridized carbons (Fsp3) is 0.200. The number of amides is 1. The van der Waals surface area contributed by atoms with E-state index in [4.69, 9.17) is 16.3 Å². The molecule has 0 aliphatic carbocycles. The van der Waals surface area contributed by atoms with Crippen LogP contribution in [0, 0.1) is 13.8 Å². The summed E-state index contributed by atoms with van der Waals surface area (Å²) in [7, 11) is 1.63. The van der Waals surface area contributed by atoms with Crippen LogP contribution in [0.1, 0.15) is 25.8 Å². The highest BCUT2D eigenvalue weighted by atomic mass is 35.5. The Hall–Kier alpha value is -2.37. The minimum absolute atomic E-state index is 0.109. The maximum Gasteiger partial charge on any atom is 0.270 e. The second-order valence-electron chi connectivity index (χ2n) is 5.89. The summed E-state index contributed by atoms with van der Waals surface area (Å²) in [5.74, 6) is 0.668. The standard InChI is InChI=1S/C20H19ClN2O2S/c1-13-5-4-6-17(21)19(13)23(20(24)18-11-22-14(2)26-18)12-15-7-9-16(25-3)10-8-15/h4-11H,12H2,1-3H3. The summed E-state index contributed by atoms with van der Waals surface area (Å²) in [5.41, 5.74) is 2.65. The second kappa shape index (κ2) is 7.89. The van der Waals surface area contributed by atoms with Gasteiger partial charge in [0.1, 0.15) is 10.6 Å². The Morgan fingerprint density at radius 3 is 2.50 bits per heavy atom. The third-order valence-electron chi connectivity index (χ3n) is 4.04. The number of hydrogen-bond donors (Lipinski definition) is 0. The van der Waals surface area contributed by atoms with Gasteiger partial charge < -0.3 is 9.64 Å². The maximum atomic E-state index is 13.2. The number of nitrogens with zero attached hydrogens (tertiary/aromatic N) is 2. The molecule has 0 unspecified atom stereocenters. The smallest absolute Gasteiger partial charge is 0.270 e. The lowest BCUT2D eigenvalue weighted by atomic mass is 10.1. The molecule has 1 aromatic heterocycles. The van der Waals surface area contributed by atoms with Gasteiger partial charge >= 0.3 is 0 Å². The highest BCUT2D eigenvalue weighted by molar-refractivity contribution is 7.13. The molecule has 0 saturated heterocycles. The van der Waals surface area contributed by atoms with E-state index in [1.807, 2.05) is 50.2 Å². The molecule has 0 saturated carbocycles. The van der Waals surface area contributed by atoms with Crippen LogP contribution >= 0.6 is 22.9 Å². The minimum Gasteiger partial charge on any atom is -0.497 e. The molecule has 0 aliphatic heterocycles. The zero-order valence-electron chi connectivity index (χ0n) is 14.8. The van der Waals surface area contributed by atoms with Gasteiger partial charge in [-0.3, -0.25) is 4.79 Å². The number of benzene rings is 2. The lowest BCUT2D eigenvalue weighted by molar-refractivity contribution is 0.0988. The van der Waals surface area contributed by atoms with Crippen molar-refractivity contribution in [1.82, 2.24) is 4.98 Å². The molecule has 134 valence electrons. The van der Waals surface area contributed by atoms with Gasteiger partial charge in [0.05, 0.1) is 35.6 Å². The molecule has 2 aromatic carbocycles. The number of aryl methyl sites for hydroxylation is 2. The summed E-state index contributed by atoms with van der Waals surface area (Å²) < 4.78 is 5.21. The molecule has 26 heavy (non-hydrogen) atoms. The first-order valence-corrected chi connectivity index (χ1v) is 9.31. The summed E-state index contributed by atoms with van der Waals surface area (Å²) in [6.45, 7) is 4.24. The van der Waals surface area contributed by atoms with Crippen molar-refractivity contribution in [2.24, 2.45) is 0 Å². The fourth-order valence-corrected chi connectivity index (χ4v) is 3.77. The number of carbonyl (C=O) groups is 1. The van der Waals surface area contributed by atoms with E-state index in [-0.39, 0.29) is 5.91 Å². The zero-order chi connectivity index (χ0) is 18.7. The largest absolute Gasteiger partial charge is 0.497 e. The lowest BCUT2D eigenvalue weighted by Crippen LogP contribution is -2.30. The quantitative estimate of drug-likeness (QED) is 0.600. The van der Waals surface area contributed by atoms with Crippen LogP contribution in [0.4, 0.5) is 5.69 Å². The number of rotatable bonds is 5. The van der Waals surface area contributed by atoms with Crippen LogP contribution in [-0.4, -0.2) is 18.0 Å². The molecule has 3 aromatic rings. The monoisotopic (exact) mass is 386 g/mol. The van der Waals surface area contributed by atoms with Crippen LogP contribution in [0.3, 0.4) is 0 Å². The Balaban J connectivity index is 2.02. The third-order valence-corrected chi connectivity index (χ3v) is 5.24. The van der Waals surface area contributed by atoms with Crippen molar-refractivity contribution in [2.45, 2.75) is 20.4 Å². The molecule has 1 heterocycles. The molecular formula is C20H19ClN2O2S. The highest BCUT2D eigenvalue weighted by Gasteiger charge is 2.23. The molecule has 0 fully saturated rings. The van der Waals surface area contributed by atoms with Gasteiger partial charge in [-0.2, -0.15) is 0 Å². The van der Waals surface area contributed by atoms with Crippen LogP contribution in [-0.2, 0) is 6.54 Å². The highest BCUT2D eigenvalue weighted by Crippen LogP contribution is 2.32. The van der Waals surface area contributed by atoms with Gasteiger partial charge in [0.25, 0.3) is 5.91 Å². The zero-order valence-corrected chi connectivity index (χ0v) is 16.4. The minimum atomic E-state index is -0.109. The second-order valence-corrected chi connectivity index (χ2v) is 7.53. The SMILES string of the molecule is COc1ccc(CN(C(=O)c2cnc(C)s2)c2c(C)cccc2Cl)cc1. The number of hydrogen-bond acceptors (Lipinski definition) is 4. The van der Waals surface area contributed by atoms with Gasteiger partial charge in [-0.15, -0.1) is 11.3 Å². The van der Waals surface area contributed by atoms with E-state index in [1.54, 1.807) is 24.3 Å². The first-order valence-electron chi connectivity index (χ1n) is 8.12. The van der Waals surface area contributed by atoms with Crippen molar-refractivity contribution in [3.05, 3.63) is 74.7 Å². The number of ether oxygens (including phenoxy) is 1.